The Balaban J connectivity index is 1.85. The van der Waals surface area contributed by atoms with E-state index < -0.39 is 5.41 Å². The normalized spacial score (nSPS) is 19.2. The fraction of sp³-hybridized carbons (Fsp3) is 0.412. The molecule has 0 bridgehead atoms. The van der Waals surface area contributed by atoms with E-state index in [1.54, 1.807) is 6.07 Å². The lowest BCUT2D eigenvalue weighted by Gasteiger charge is -2.29. The molecule has 0 aromatic heterocycles. The molecule has 0 atom stereocenters. The highest BCUT2D eigenvalue weighted by molar-refractivity contribution is 6.21. The maximum absolute atomic E-state index is 12.5. The van der Waals surface area contributed by atoms with E-state index in [1.807, 2.05) is 0 Å². The van der Waals surface area contributed by atoms with Gasteiger partial charge in [0.2, 0.25) is 5.91 Å². The second-order valence-electron chi connectivity index (χ2n) is 6.14. The number of nitrogens with one attached hydrogen (secondary N) is 1. The molecule has 6 heteroatoms. The van der Waals surface area contributed by atoms with E-state index in [4.69, 9.17) is 0 Å². The Morgan fingerprint density at radius 1 is 1.17 bits per heavy atom. The molecule has 1 saturated carbocycles. The summed E-state index contributed by atoms with van der Waals surface area (Å²) in [7, 11) is 1.43. The van der Waals surface area contributed by atoms with Gasteiger partial charge in [0.1, 0.15) is 5.41 Å². The zero-order valence-electron chi connectivity index (χ0n) is 12.9. The van der Waals surface area contributed by atoms with E-state index in [-0.39, 0.29) is 23.3 Å². The molecule has 1 aliphatic heterocycles. The van der Waals surface area contributed by atoms with Gasteiger partial charge in [0, 0.05) is 12.7 Å². The quantitative estimate of drug-likeness (QED) is 0.849. The van der Waals surface area contributed by atoms with Gasteiger partial charge < -0.3 is 5.32 Å². The molecule has 3 amide bonds. The Morgan fingerprint density at radius 2 is 1.83 bits per heavy atom. The van der Waals surface area contributed by atoms with Crippen LogP contribution in [-0.4, -0.2) is 29.7 Å². The fourth-order valence-electron chi connectivity index (χ4n) is 3.23. The molecule has 6 nitrogen and oxygen atoms in total. The maximum atomic E-state index is 12.5. The monoisotopic (exact) mass is 311 g/mol. The maximum Gasteiger partial charge on any atom is 0.261 e. The molecule has 0 saturated heterocycles. The van der Waals surface area contributed by atoms with Crippen molar-refractivity contribution in [3.63, 3.8) is 0 Å². The van der Waals surface area contributed by atoms with Crippen LogP contribution in [0.15, 0.2) is 18.2 Å². The van der Waals surface area contributed by atoms with Crippen LogP contribution in [0.1, 0.15) is 52.8 Å². The summed E-state index contributed by atoms with van der Waals surface area (Å²) in [4.78, 5) is 37.5. The standard InChI is InChI=1S/C17H17N3O3/c1-20-14(21)12-6-5-11(9-13(12)15(20)22)19-16(23)17(10-18)7-3-2-4-8-17/h5-6,9H,2-4,7-8H2,1H3,(H,19,23). The zero-order valence-corrected chi connectivity index (χ0v) is 12.9. The topological polar surface area (TPSA) is 90.3 Å². The first-order valence-electron chi connectivity index (χ1n) is 7.68. The van der Waals surface area contributed by atoms with Crippen LogP contribution in [0.5, 0.6) is 0 Å². The molecule has 1 N–H and O–H groups in total. The summed E-state index contributed by atoms with van der Waals surface area (Å²) in [5.74, 6) is -1.05. The third-order valence-corrected chi connectivity index (χ3v) is 4.70. The predicted molar refractivity (Wildman–Crippen MR) is 82.6 cm³/mol. The molecule has 118 valence electrons. The number of nitriles is 1. The summed E-state index contributed by atoms with van der Waals surface area (Å²) in [6.07, 6.45) is 3.88. The third-order valence-electron chi connectivity index (χ3n) is 4.70. The van der Waals surface area contributed by atoms with Crippen LogP contribution < -0.4 is 5.32 Å². The molecule has 1 fully saturated rings. The number of nitrogens with zero attached hydrogens (tertiary/aromatic N) is 2. The van der Waals surface area contributed by atoms with E-state index >= 15 is 0 Å². The minimum Gasteiger partial charge on any atom is -0.325 e. The second-order valence-corrected chi connectivity index (χ2v) is 6.14. The van der Waals surface area contributed by atoms with Crippen LogP contribution in [0, 0.1) is 16.7 Å². The summed E-state index contributed by atoms with van der Waals surface area (Å²) in [6.45, 7) is 0. The van der Waals surface area contributed by atoms with Gasteiger partial charge in [-0.15, -0.1) is 0 Å². The van der Waals surface area contributed by atoms with Crippen molar-refractivity contribution in [2.24, 2.45) is 5.41 Å². The molecule has 1 aromatic carbocycles. The van der Waals surface area contributed by atoms with Crippen molar-refractivity contribution < 1.29 is 14.4 Å². The Labute approximate surface area is 134 Å². The molecule has 0 radical (unpaired) electrons. The Bertz CT molecular complexity index is 742. The van der Waals surface area contributed by atoms with Gasteiger partial charge in [0.15, 0.2) is 0 Å². The van der Waals surface area contributed by atoms with Gasteiger partial charge in [0.25, 0.3) is 11.8 Å². The van der Waals surface area contributed by atoms with E-state index in [1.165, 1.54) is 19.2 Å². The number of anilines is 1. The third kappa shape index (κ3) is 2.38. The molecule has 0 unspecified atom stereocenters. The van der Waals surface area contributed by atoms with Crippen LogP contribution in [0.25, 0.3) is 0 Å². The number of hydrogen-bond acceptors (Lipinski definition) is 4. The highest BCUT2D eigenvalue weighted by Crippen LogP contribution is 2.37. The lowest BCUT2D eigenvalue weighted by atomic mass is 9.74. The van der Waals surface area contributed by atoms with E-state index in [0.717, 1.165) is 24.2 Å². The van der Waals surface area contributed by atoms with Crippen LogP contribution in [-0.2, 0) is 4.79 Å². The lowest BCUT2D eigenvalue weighted by molar-refractivity contribution is -0.124. The predicted octanol–water partition coefficient (Wildman–Crippen LogP) is 2.32. The molecule has 1 heterocycles. The molecule has 1 aliphatic carbocycles. The van der Waals surface area contributed by atoms with Gasteiger partial charge >= 0.3 is 0 Å². The van der Waals surface area contributed by atoms with Gasteiger partial charge in [-0.2, -0.15) is 5.26 Å². The van der Waals surface area contributed by atoms with Crippen molar-refractivity contribution in [2.45, 2.75) is 32.1 Å². The Morgan fingerprint density at radius 3 is 2.48 bits per heavy atom. The number of carbonyl (C=O) groups is 3. The molecule has 23 heavy (non-hydrogen) atoms. The van der Waals surface area contributed by atoms with Crippen molar-refractivity contribution in [2.75, 3.05) is 12.4 Å². The first-order valence-corrected chi connectivity index (χ1v) is 7.68. The first kappa shape index (κ1) is 15.2. The summed E-state index contributed by atoms with van der Waals surface area (Å²) in [5, 5.41) is 12.2. The molecule has 0 spiro atoms. The second kappa shape index (κ2) is 5.51. The van der Waals surface area contributed by atoms with Crippen LogP contribution >= 0.6 is 0 Å². The Kier molecular flexibility index (Phi) is 3.64. The smallest absolute Gasteiger partial charge is 0.261 e. The van der Waals surface area contributed by atoms with Crippen molar-refractivity contribution in [3.05, 3.63) is 29.3 Å². The van der Waals surface area contributed by atoms with Crippen molar-refractivity contribution in [1.82, 2.24) is 4.90 Å². The highest BCUT2D eigenvalue weighted by atomic mass is 16.2. The molecular weight excluding hydrogens is 294 g/mol. The van der Waals surface area contributed by atoms with E-state index in [0.29, 0.717) is 24.1 Å². The first-order chi connectivity index (χ1) is 11.0. The number of amides is 3. The van der Waals surface area contributed by atoms with Gasteiger partial charge in [0.05, 0.1) is 17.2 Å². The SMILES string of the molecule is CN1C(=O)c2ccc(NC(=O)C3(C#N)CCCCC3)cc2C1=O. The van der Waals surface area contributed by atoms with Gasteiger partial charge in [-0.1, -0.05) is 19.3 Å². The Hall–Kier alpha value is -2.68. The largest absolute Gasteiger partial charge is 0.325 e. The van der Waals surface area contributed by atoms with E-state index in [2.05, 4.69) is 11.4 Å². The minimum atomic E-state index is -0.992. The van der Waals surface area contributed by atoms with E-state index in [9.17, 15) is 19.6 Å². The van der Waals surface area contributed by atoms with Crippen molar-refractivity contribution in [3.8, 4) is 6.07 Å². The number of imide groups is 1. The fourth-order valence-corrected chi connectivity index (χ4v) is 3.23. The summed E-state index contributed by atoms with van der Waals surface area (Å²) < 4.78 is 0. The average molecular weight is 311 g/mol. The zero-order chi connectivity index (χ0) is 16.6. The summed E-state index contributed by atoms with van der Waals surface area (Å²) >= 11 is 0. The van der Waals surface area contributed by atoms with Crippen LogP contribution in [0.4, 0.5) is 5.69 Å². The summed E-state index contributed by atoms with van der Waals surface area (Å²) in [6, 6.07) is 6.80. The summed E-state index contributed by atoms with van der Waals surface area (Å²) in [5.41, 5.74) is 0.0620. The molecule has 1 aromatic rings. The average Bonchev–Trinajstić information content (AvgIpc) is 2.80. The number of rotatable bonds is 2. The van der Waals surface area contributed by atoms with Gasteiger partial charge in [-0.05, 0) is 31.0 Å². The number of hydrogen-bond donors (Lipinski definition) is 1. The van der Waals surface area contributed by atoms with Crippen molar-refractivity contribution in [1.29, 1.82) is 5.26 Å². The minimum absolute atomic E-state index is 0.282. The molecule has 3 rings (SSSR count). The number of carbonyl (C=O) groups excluding carboxylic acids is 3. The molecular formula is C17H17N3O3. The highest BCUT2D eigenvalue weighted by Gasteiger charge is 2.40. The van der Waals surface area contributed by atoms with Crippen LogP contribution in [0.2, 0.25) is 0 Å². The van der Waals surface area contributed by atoms with Crippen LogP contribution in [0.3, 0.4) is 0 Å². The van der Waals surface area contributed by atoms with Gasteiger partial charge in [-0.3, -0.25) is 19.3 Å². The number of benzene rings is 1. The lowest BCUT2D eigenvalue weighted by Crippen LogP contribution is -2.36. The van der Waals surface area contributed by atoms with Crippen molar-refractivity contribution >= 4 is 23.4 Å². The number of fused-ring (bicyclic) bond motifs is 1. The molecule has 2 aliphatic rings. The van der Waals surface area contributed by atoms with Gasteiger partial charge in [-0.25, -0.2) is 0 Å².